The first-order chi connectivity index (χ1) is 18.5. The normalized spacial score (nSPS) is 19.9. The summed E-state index contributed by atoms with van der Waals surface area (Å²) in [4.78, 5) is 33.1. The molecule has 2 atom stereocenters. The Morgan fingerprint density at radius 2 is 1.34 bits per heavy atom. The summed E-state index contributed by atoms with van der Waals surface area (Å²) < 4.78 is 24.4. The third kappa shape index (κ3) is 5.16. The van der Waals surface area contributed by atoms with Crippen molar-refractivity contribution in [3.63, 3.8) is 0 Å². The molecule has 0 saturated carbocycles. The SMILES string of the molecule is COc1ccc(N2CCN(C(=O)[C@@H]3CCC(=O)N(c4ccc(OC)cc4)[C@@H]3c3ccc(F)cc3)CC2)cc1. The number of hydrogen-bond acceptors (Lipinski definition) is 5. The number of amides is 2. The topological polar surface area (TPSA) is 62.3 Å². The Morgan fingerprint density at radius 1 is 0.789 bits per heavy atom. The lowest BCUT2D eigenvalue weighted by molar-refractivity contribution is -0.138. The van der Waals surface area contributed by atoms with Crippen LogP contribution < -0.4 is 19.3 Å². The fourth-order valence-electron chi connectivity index (χ4n) is 5.45. The third-order valence-corrected chi connectivity index (χ3v) is 7.51. The molecule has 8 heteroatoms. The van der Waals surface area contributed by atoms with Crippen LogP contribution >= 0.6 is 0 Å². The number of carbonyl (C=O) groups is 2. The minimum absolute atomic E-state index is 0.0275. The number of benzene rings is 3. The quantitative estimate of drug-likeness (QED) is 0.475. The van der Waals surface area contributed by atoms with Crippen molar-refractivity contribution in [3.05, 3.63) is 84.2 Å². The third-order valence-electron chi connectivity index (χ3n) is 7.51. The van der Waals surface area contributed by atoms with Crippen molar-refractivity contribution in [1.82, 2.24) is 4.90 Å². The number of anilines is 2. The fraction of sp³-hybridized carbons (Fsp3) is 0.333. The second-order valence-electron chi connectivity index (χ2n) is 9.61. The Hall–Kier alpha value is -4.07. The van der Waals surface area contributed by atoms with Crippen LogP contribution in [-0.4, -0.2) is 57.1 Å². The van der Waals surface area contributed by atoms with Crippen LogP contribution in [0.15, 0.2) is 72.8 Å². The molecule has 2 amide bonds. The molecule has 2 saturated heterocycles. The summed E-state index contributed by atoms with van der Waals surface area (Å²) in [5.74, 6) is 0.663. The number of hydrogen-bond donors (Lipinski definition) is 0. The molecule has 2 heterocycles. The second kappa shape index (κ2) is 11.1. The zero-order valence-corrected chi connectivity index (χ0v) is 21.7. The Labute approximate surface area is 222 Å². The number of rotatable bonds is 6. The predicted molar refractivity (Wildman–Crippen MR) is 144 cm³/mol. The number of halogens is 1. The summed E-state index contributed by atoms with van der Waals surface area (Å²) in [6, 6.07) is 20.8. The highest BCUT2D eigenvalue weighted by atomic mass is 19.1. The molecule has 2 fully saturated rings. The summed E-state index contributed by atoms with van der Waals surface area (Å²) in [5, 5.41) is 0. The van der Waals surface area contributed by atoms with Crippen LogP contribution in [0.5, 0.6) is 11.5 Å². The average Bonchev–Trinajstić information content (AvgIpc) is 2.97. The summed E-state index contributed by atoms with van der Waals surface area (Å²) in [5.41, 5.74) is 2.52. The standard InChI is InChI=1S/C30H32FN3O4/c1-37-25-11-7-23(8-12-25)32-17-19-33(20-18-32)30(36)27-15-16-28(35)34(24-9-13-26(38-2)14-10-24)29(27)21-3-5-22(31)6-4-21/h3-14,27,29H,15-20H2,1-2H3/t27-,29-/m1/s1. The van der Waals surface area contributed by atoms with Crippen LogP contribution in [0, 0.1) is 11.7 Å². The Bertz CT molecular complexity index is 1260. The van der Waals surface area contributed by atoms with Crippen LogP contribution in [0.2, 0.25) is 0 Å². The highest BCUT2D eigenvalue weighted by molar-refractivity contribution is 5.97. The molecule has 0 spiro atoms. The van der Waals surface area contributed by atoms with Gasteiger partial charge in [-0.3, -0.25) is 9.59 Å². The van der Waals surface area contributed by atoms with E-state index in [4.69, 9.17) is 9.47 Å². The highest BCUT2D eigenvalue weighted by Gasteiger charge is 2.43. The van der Waals surface area contributed by atoms with Crippen molar-refractivity contribution in [1.29, 1.82) is 0 Å². The lowest BCUT2D eigenvalue weighted by Gasteiger charge is -2.44. The largest absolute Gasteiger partial charge is 0.497 e. The maximum absolute atomic E-state index is 14.0. The molecular weight excluding hydrogens is 485 g/mol. The molecule has 0 bridgehead atoms. The zero-order valence-electron chi connectivity index (χ0n) is 21.7. The number of carbonyl (C=O) groups excluding carboxylic acids is 2. The zero-order chi connectivity index (χ0) is 26.6. The Kier molecular flexibility index (Phi) is 7.49. The van der Waals surface area contributed by atoms with Gasteiger partial charge in [0.15, 0.2) is 0 Å². The summed E-state index contributed by atoms with van der Waals surface area (Å²) in [6.07, 6.45) is 0.719. The van der Waals surface area contributed by atoms with E-state index in [1.54, 1.807) is 43.4 Å². The molecule has 0 aromatic heterocycles. The van der Waals surface area contributed by atoms with Gasteiger partial charge in [-0.25, -0.2) is 4.39 Å². The van der Waals surface area contributed by atoms with Crippen molar-refractivity contribution < 1.29 is 23.5 Å². The molecule has 0 aliphatic carbocycles. The van der Waals surface area contributed by atoms with Gasteiger partial charge in [-0.2, -0.15) is 0 Å². The molecule has 198 valence electrons. The van der Waals surface area contributed by atoms with Gasteiger partial charge in [-0.1, -0.05) is 12.1 Å². The van der Waals surface area contributed by atoms with E-state index < -0.39 is 12.0 Å². The van der Waals surface area contributed by atoms with Crippen LogP contribution in [0.3, 0.4) is 0 Å². The summed E-state index contributed by atoms with van der Waals surface area (Å²) >= 11 is 0. The number of piperazine rings is 1. The predicted octanol–water partition coefficient (Wildman–Crippen LogP) is 4.68. The molecule has 3 aromatic rings. The van der Waals surface area contributed by atoms with Crippen LogP contribution in [0.4, 0.5) is 15.8 Å². The number of nitrogens with zero attached hydrogens (tertiary/aromatic N) is 3. The summed E-state index contributed by atoms with van der Waals surface area (Å²) in [7, 11) is 3.23. The number of ether oxygens (including phenoxy) is 2. The van der Waals surface area contributed by atoms with E-state index in [0.29, 0.717) is 44.0 Å². The molecule has 3 aromatic carbocycles. The Morgan fingerprint density at radius 3 is 1.89 bits per heavy atom. The smallest absolute Gasteiger partial charge is 0.228 e. The van der Waals surface area contributed by atoms with Crippen LogP contribution in [0.25, 0.3) is 0 Å². The van der Waals surface area contributed by atoms with Crippen molar-refractivity contribution in [2.75, 3.05) is 50.2 Å². The first-order valence-corrected chi connectivity index (χ1v) is 12.9. The van der Waals surface area contributed by atoms with E-state index in [1.165, 1.54) is 12.1 Å². The van der Waals surface area contributed by atoms with Gasteiger partial charge in [0.25, 0.3) is 0 Å². The maximum Gasteiger partial charge on any atom is 0.228 e. The fourth-order valence-corrected chi connectivity index (χ4v) is 5.45. The van der Waals surface area contributed by atoms with Gasteiger partial charge in [0.2, 0.25) is 11.8 Å². The first-order valence-electron chi connectivity index (χ1n) is 12.9. The van der Waals surface area contributed by atoms with Crippen LogP contribution in [0.1, 0.15) is 24.4 Å². The molecule has 0 N–H and O–H groups in total. The molecule has 2 aliphatic heterocycles. The number of methoxy groups -OCH3 is 2. The minimum Gasteiger partial charge on any atom is -0.497 e. The van der Waals surface area contributed by atoms with Gasteiger partial charge in [0.1, 0.15) is 17.3 Å². The van der Waals surface area contributed by atoms with E-state index in [0.717, 1.165) is 17.0 Å². The monoisotopic (exact) mass is 517 g/mol. The molecule has 38 heavy (non-hydrogen) atoms. The van der Waals surface area contributed by atoms with Crippen molar-refractivity contribution in [3.8, 4) is 11.5 Å². The average molecular weight is 518 g/mol. The van der Waals surface area contributed by atoms with Crippen molar-refractivity contribution in [2.45, 2.75) is 18.9 Å². The van der Waals surface area contributed by atoms with Gasteiger partial charge >= 0.3 is 0 Å². The van der Waals surface area contributed by atoms with E-state index in [9.17, 15) is 14.0 Å². The van der Waals surface area contributed by atoms with Gasteiger partial charge in [-0.05, 0) is 72.6 Å². The van der Waals surface area contributed by atoms with Gasteiger partial charge < -0.3 is 24.2 Å². The lowest BCUT2D eigenvalue weighted by Crippen LogP contribution is -2.54. The lowest BCUT2D eigenvalue weighted by atomic mass is 9.82. The molecule has 2 aliphatic rings. The molecule has 7 nitrogen and oxygen atoms in total. The minimum atomic E-state index is -0.530. The van der Waals surface area contributed by atoms with Crippen LogP contribution in [-0.2, 0) is 9.59 Å². The van der Waals surface area contributed by atoms with E-state index in [2.05, 4.69) is 4.90 Å². The molecule has 5 rings (SSSR count). The van der Waals surface area contributed by atoms with Crippen molar-refractivity contribution >= 4 is 23.2 Å². The van der Waals surface area contributed by atoms with Gasteiger partial charge in [0.05, 0.1) is 26.2 Å². The Balaban J connectivity index is 1.39. The number of piperidine rings is 1. The van der Waals surface area contributed by atoms with E-state index in [1.807, 2.05) is 41.3 Å². The summed E-state index contributed by atoms with van der Waals surface area (Å²) in [6.45, 7) is 2.61. The molecule has 0 unspecified atom stereocenters. The first kappa shape index (κ1) is 25.6. The van der Waals surface area contributed by atoms with Gasteiger partial charge in [-0.15, -0.1) is 0 Å². The molecular formula is C30H32FN3O4. The molecule has 0 radical (unpaired) electrons. The maximum atomic E-state index is 14.0. The van der Waals surface area contributed by atoms with Gasteiger partial charge in [0, 0.05) is 44.0 Å². The van der Waals surface area contributed by atoms with E-state index >= 15 is 0 Å². The highest BCUT2D eigenvalue weighted by Crippen LogP contribution is 2.41. The van der Waals surface area contributed by atoms with Crippen molar-refractivity contribution in [2.24, 2.45) is 5.92 Å². The van der Waals surface area contributed by atoms with E-state index in [-0.39, 0.29) is 24.1 Å². The second-order valence-corrected chi connectivity index (χ2v) is 9.61.